The molecule has 0 heterocycles. The third-order valence-electron chi connectivity index (χ3n) is 3.02. The molecule has 2 aromatic carbocycles. The Morgan fingerprint density at radius 3 is 2.19 bits per heavy atom. The molecule has 0 bridgehead atoms. The maximum atomic E-state index is 12.2. The van der Waals surface area contributed by atoms with Gasteiger partial charge in [0, 0.05) is 12.6 Å². The molecule has 5 nitrogen and oxygen atoms in total. The van der Waals surface area contributed by atoms with Crippen LogP contribution in [0.25, 0.3) is 0 Å². The highest BCUT2D eigenvalue weighted by Gasteiger charge is 2.16. The smallest absolute Gasteiger partial charge is 0.255 e. The molecule has 0 unspecified atom stereocenters. The molecule has 0 spiro atoms. The molecule has 1 N–H and O–H groups in total. The lowest BCUT2D eigenvalue weighted by molar-refractivity contribution is 0.102. The number of nitrogens with zero attached hydrogens (tertiary/aromatic N) is 1. The summed E-state index contributed by atoms with van der Waals surface area (Å²) in [6.45, 7) is 0. The number of benzene rings is 2. The number of hydrogen-bond acceptors (Lipinski definition) is 3. The van der Waals surface area contributed by atoms with Gasteiger partial charge in [-0.15, -0.1) is 0 Å². The quantitative estimate of drug-likeness (QED) is 0.942. The Balaban J connectivity index is 2.32. The van der Waals surface area contributed by atoms with Crippen molar-refractivity contribution in [2.75, 3.05) is 22.9 Å². The highest BCUT2D eigenvalue weighted by atomic mass is 32.2. The van der Waals surface area contributed by atoms with Gasteiger partial charge in [0.1, 0.15) is 0 Å². The minimum Gasteiger partial charge on any atom is -0.320 e. The number of sulfonamides is 1. The van der Waals surface area contributed by atoms with Crippen molar-refractivity contribution < 1.29 is 13.2 Å². The van der Waals surface area contributed by atoms with Gasteiger partial charge in [-0.25, -0.2) is 8.42 Å². The number of para-hydroxylation sites is 2. The van der Waals surface area contributed by atoms with Gasteiger partial charge in [-0.1, -0.05) is 30.3 Å². The molecule has 21 heavy (non-hydrogen) atoms. The van der Waals surface area contributed by atoms with Crippen LogP contribution in [0.15, 0.2) is 54.6 Å². The van der Waals surface area contributed by atoms with Crippen molar-refractivity contribution in [3.05, 3.63) is 60.2 Å². The number of anilines is 2. The first-order chi connectivity index (χ1) is 9.89. The fourth-order valence-electron chi connectivity index (χ4n) is 1.82. The summed E-state index contributed by atoms with van der Waals surface area (Å²) in [6.07, 6.45) is 1.11. The van der Waals surface area contributed by atoms with Crippen LogP contribution in [0, 0.1) is 0 Å². The highest BCUT2D eigenvalue weighted by molar-refractivity contribution is 7.92. The lowest BCUT2D eigenvalue weighted by Crippen LogP contribution is -2.26. The van der Waals surface area contributed by atoms with Crippen molar-refractivity contribution in [1.29, 1.82) is 0 Å². The molecule has 0 aliphatic carbocycles. The SMILES string of the molecule is CN(c1ccccc1NC(=O)c1ccccc1)S(C)(=O)=O. The fraction of sp³-hybridized carbons (Fsp3) is 0.133. The molecule has 0 saturated carbocycles. The molecule has 6 heteroatoms. The van der Waals surface area contributed by atoms with Gasteiger partial charge in [-0.3, -0.25) is 9.10 Å². The number of nitrogens with one attached hydrogen (secondary N) is 1. The van der Waals surface area contributed by atoms with Gasteiger partial charge in [0.05, 0.1) is 17.6 Å². The van der Waals surface area contributed by atoms with Gasteiger partial charge in [0.15, 0.2) is 0 Å². The summed E-state index contributed by atoms with van der Waals surface area (Å²) < 4.78 is 24.4. The van der Waals surface area contributed by atoms with Crippen LogP contribution in [0.1, 0.15) is 10.4 Å². The van der Waals surface area contributed by atoms with E-state index in [9.17, 15) is 13.2 Å². The van der Waals surface area contributed by atoms with Crippen molar-refractivity contribution in [2.24, 2.45) is 0 Å². The van der Waals surface area contributed by atoms with E-state index in [0.717, 1.165) is 10.6 Å². The number of carbonyl (C=O) groups excluding carboxylic acids is 1. The summed E-state index contributed by atoms with van der Waals surface area (Å²) in [4.78, 5) is 12.2. The average Bonchev–Trinajstić information content (AvgIpc) is 2.47. The van der Waals surface area contributed by atoms with Crippen LogP contribution in [0.5, 0.6) is 0 Å². The minimum absolute atomic E-state index is 0.287. The Kier molecular flexibility index (Phi) is 4.28. The number of hydrogen-bond donors (Lipinski definition) is 1. The Bertz CT molecular complexity index is 743. The largest absolute Gasteiger partial charge is 0.320 e. The molecule has 110 valence electrons. The molecule has 0 fully saturated rings. The third kappa shape index (κ3) is 3.61. The lowest BCUT2D eigenvalue weighted by atomic mass is 10.2. The first-order valence-electron chi connectivity index (χ1n) is 6.29. The predicted octanol–water partition coefficient (Wildman–Crippen LogP) is 2.33. The molecule has 0 aliphatic heterocycles. The van der Waals surface area contributed by atoms with Gasteiger partial charge >= 0.3 is 0 Å². The first-order valence-corrected chi connectivity index (χ1v) is 8.14. The van der Waals surface area contributed by atoms with Crippen molar-refractivity contribution >= 4 is 27.3 Å². The minimum atomic E-state index is -3.40. The molecule has 2 aromatic rings. The Morgan fingerprint density at radius 1 is 1.00 bits per heavy atom. The summed E-state index contributed by atoms with van der Waals surface area (Å²) in [6, 6.07) is 15.5. The van der Waals surface area contributed by atoms with E-state index in [4.69, 9.17) is 0 Å². The van der Waals surface area contributed by atoms with E-state index in [2.05, 4.69) is 5.32 Å². The third-order valence-corrected chi connectivity index (χ3v) is 4.22. The number of amides is 1. The normalized spacial score (nSPS) is 11.0. The van der Waals surface area contributed by atoms with E-state index in [1.165, 1.54) is 7.05 Å². The lowest BCUT2D eigenvalue weighted by Gasteiger charge is -2.20. The van der Waals surface area contributed by atoms with Crippen LogP contribution in [0.4, 0.5) is 11.4 Å². The molecule has 0 radical (unpaired) electrons. The van der Waals surface area contributed by atoms with Crippen LogP contribution in [-0.2, 0) is 10.0 Å². The molecule has 0 saturated heterocycles. The number of rotatable bonds is 4. The van der Waals surface area contributed by atoms with Crippen LogP contribution in [-0.4, -0.2) is 27.6 Å². The summed E-state index contributed by atoms with van der Waals surface area (Å²) in [5.74, 6) is -0.287. The van der Waals surface area contributed by atoms with Crippen molar-refractivity contribution in [3.63, 3.8) is 0 Å². The van der Waals surface area contributed by atoms with Crippen molar-refractivity contribution in [3.8, 4) is 0 Å². The summed E-state index contributed by atoms with van der Waals surface area (Å²) in [5.41, 5.74) is 1.37. The molecular weight excluding hydrogens is 288 g/mol. The Morgan fingerprint density at radius 2 is 1.57 bits per heavy atom. The molecule has 0 aliphatic rings. The summed E-state index contributed by atoms with van der Waals surface area (Å²) in [5, 5.41) is 2.73. The van der Waals surface area contributed by atoms with Crippen molar-refractivity contribution in [2.45, 2.75) is 0 Å². The van der Waals surface area contributed by atoms with Crippen LogP contribution >= 0.6 is 0 Å². The van der Waals surface area contributed by atoms with Crippen LogP contribution in [0.3, 0.4) is 0 Å². The second kappa shape index (κ2) is 5.97. The van der Waals surface area contributed by atoms with Gasteiger partial charge in [-0.05, 0) is 24.3 Å². The van der Waals surface area contributed by atoms with Gasteiger partial charge in [0.2, 0.25) is 10.0 Å². The predicted molar refractivity (Wildman–Crippen MR) is 84.1 cm³/mol. The van der Waals surface area contributed by atoms with E-state index < -0.39 is 10.0 Å². The fourth-order valence-corrected chi connectivity index (χ4v) is 2.33. The zero-order chi connectivity index (χ0) is 15.5. The second-order valence-corrected chi connectivity index (χ2v) is 6.58. The molecule has 0 aromatic heterocycles. The molecule has 1 amide bonds. The van der Waals surface area contributed by atoms with Crippen molar-refractivity contribution in [1.82, 2.24) is 0 Å². The van der Waals surface area contributed by atoms with Gasteiger partial charge < -0.3 is 5.32 Å². The monoisotopic (exact) mass is 304 g/mol. The second-order valence-electron chi connectivity index (χ2n) is 4.57. The Hall–Kier alpha value is -2.34. The molecule has 0 atom stereocenters. The number of carbonyl (C=O) groups is 1. The summed E-state index contributed by atoms with van der Waals surface area (Å²) in [7, 11) is -1.95. The zero-order valence-electron chi connectivity index (χ0n) is 11.8. The van der Waals surface area contributed by atoms with Crippen LogP contribution in [0.2, 0.25) is 0 Å². The van der Waals surface area contributed by atoms with Crippen LogP contribution < -0.4 is 9.62 Å². The Labute approximate surface area is 124 Å². The molecular formula is C15H16N2O3S. The van der Waals surface area contributed by atoms with E-state index in [0.29, 0.717) is 16.9 Å². The summed E-state index contributed by atoms with van der Waals surface area (Å²) >= 11 is 0. The standard InChI is InChI=1S/C15H16N2O3S/c1-17(21(2,19)20)14-11-7-6-10-13(14)16-15(18)12-8-4-3-5-9-12/h3-11H,1-2H3,(H,16,18). The average molecular weight is 304 g/mol. The molecule has 2 rings (SSSR count). The topological polar surface area (TPSA) is 66.5 Å². The highest BCUT2D eigenvalue weighted by Crippen LogP contribution is 2.26. The maximum Gasteiger partial charge on any atom is 0.255 e. The van der Waals surface area contributed by atoms with E-state index in [1.54, 1.807) is 48.5 Å². The first kappa shape index (κ1) is 15.1. The van der Waals surface area contributed by atoms with E-state index >= 15 is 0 Å². The maximum absolute atomic E-state index is 12.2. The zero-order valence-corrected chi connectivity index (χ0v) is 12.6. The van der Waals surface area contributed by atoms with E-state index in [-0.39, 0.29) is 5.91 Å². The van der Waals surface area contributed by atoms with Gasteiger partial charge in [-0.2, -0.15) is 0 Å². The van der Waals surface area contributed by atoms with E-state index in [1.807, 2.05) is 6.07 Å². The van der Waals surface area contributed by atoms with Gasteiger partial charge in [0.25, 0.3) is 5.91 Å².